The molecule has 0 saturated heterocycles. The normalized spacial score (nSPS) is 11.1. The van der Waals surface area contributed by atoms with E-state index in [4.69, 9.17) is 21.3 Å². The minimum Gasteiger partial charge on any atom is -0.494 e. The molecule has 5 heteroatoms. The van der Waals surface area contributed by atoms with E-state index < -0.39 is 0 Å². The molecule has 0 bridgehead atoms. The van der Waals surface area contributed by atoms with Crippen LogP contribution in [0.1, 0.15) is 31.7 Å². The van der Waals surface area contributed by atoms with Gasteiger partial charge in [0.05, 0.1) is 17.5 Å². The molecule has 1 aromatic heterocycles. The quantitative estimate of drug-likeness (QED) is 0.274. The fourth-order valence-corrected chi connectivity index (χ4v) is 3.88. The van der Waals surface area contributed by atoms with E-state index in [0.29, 0.717) is 34.9 Å². The molecule has 0 radical (unpaired) electrons. The summed E-state index contributed by atoms with van der Waals surface area (Å²) in [5.74, 6) is 1.58. The standard InChI is InChI=1S/C27H27ClN2O2/c1-2-20-10-16-23(17-11-20)32-19-7-3-6-18-30-26(21-12-14-22(28)15-13-21)29-25-9-5-4-8-24(25)27(30)31/h4-5,8-17H,2-3,6-7,18-19H2,1H3. The maximum atomic E-state index is 13.2. The third-order valence-corrected chi connectivity index (χ3v) is 5.84. The SMILES string of the molecule is CCc1ccc(OCCCCCn2c(-c3ccc(Cl)cc3)nc3ccccc3c2=O)cc1. The van der Waals surface area contributed by atoms with Crippen LogP contribution in [-0.2, 0) is 13.0 Å². The van der Waals surface area contributed by atoms with Crippen molar-refractivity contribution in [2.75, 3.05) is 6.61 Å². The van der Waals surface area contributed by atoms with E-state index in [-0.39, 0.29) is 5.56 Å². The Labute approximate surface area is 193 Å². The second-order valence-electron chi connectivity index (χ2n) is 7.82. The lowest BCUT2D eigenvalue weighted by molar-refractivity contribution is 0.303. The number of rotatable bonds is 9. The van der Waals surface area contributed by atoms with Gasteiger partial charge in [0.1, 0.15) is 11.6 Å². The van der Waals surface area contributed by atoms with Crippen molar-refractivity contribution in [2.45, 2.75) is 39.2 Å². The predicted molar refractivity (Wildman–Crippen MR) is 132 cm³/mol. The van der Waals surface area contributed by atoms with Crippen LogP contribution >= 0.6 is 11.6 Å². The van der Waals surface area contributed by atoms with Crippen LogP contribution in [0.4, 0.5) is 0 Å². The van der Waals surface area contributed by atoms with Gasteiger partial charge in [0.2, 0.25) is 0 Å². The Bertz CT molecular complexity index is 1230. The summed E-state index contributed by atoms with van der Waals surface area (Å²) in [6.07, 6.45) is 3.80. The van der Waals surface area contributed by atoms with Crippen molar-refractivity contribution in [2.24, 2.45) is 0 Å². The minimum absolute atomic E-state index is 0.00665. The summed E-state index contributed by atoms with van der Waals surface area (Å²) in [5.41, 5.74) is 2.90. The molecule has 164 valence electrons. The molecule has 4 rings (SSSR count). The van der Waals surface area contributed by atoms with Gasteiger partial charge < -0.3 is 4.74 Å². The van der Waals surface area contributed by atoms with Crippen LogP contribution in [0.15, 0.2) is 77.6 Å². The Morgan fingerprint density at radius 1 is 0.906 bits per heavy atom. The first-order valence-corrected chi connectivity index (χ1v) is 11.5. The highest BCUT2D eigenvalue weighted by Crippen LogP contribution is 2.22. The molecular weight excluding hydrogens is 420 g/mol. The Morgan fingerprint density at radius 3 is 2.41 bits per heavy atom. The van der Waals surface area contributed by atoms with Gasteiger partial charge in [-0.2, -0.15) is 0 Å². The topological polar surface area (TPSA) is 44.1 Å². The van der Waals surface area contributed by atoms with E-state index in [1.165, 1.54) is 5.56 Å². The fraction of sp³-hybridized carbons (Fsp3) is 0.259. The molecule has 0 aliphatic rings. The molecule has 0 unspecified atom stereocenters. The molecule has 32 heavy (non-hydrogen) atoms. The summed E-state index contributed by atoms with van der Waals surface area (Å²) in [6, 6.07) is 23.2. The third-order valence-electron chi connectivity index (χ3n) is 5.59. The molecule has 4 aromatic rings. The summed E-state index contributed by atoms with van der Waals surface area (Å²) < 4.78 is 7.64. The molecule has 0 atom stereocenters. The van der Waals surface area contributed by atoms with Crippen molar-refractivity contribution in [3.8, 4) is 17.1 Å². The zero-order chi connectivity index (χ0) is 22.3. The lowest BCUT2D eigenvalue weighted by atomic mass is 10.1. The lowest BCUT2D eigenvalue weighted by Crippen LogP contribution is -2.23. The zero-order valence-corrected chi connectivity index (χ0v) is 19.0. The second kappa shape index (κ2) is 10.5. The van der Waals surface area contributed by atoms with Crippen molar-refractivity contribution in [3.05, 3.63) is 93.7 Å². The van der Waals surface area contributed by atoms with Crippen LogP contribution in [0.2, 0.25) is 5.02 Å². The van der Waals surface area contributed by atoms with Gasteiger partial charge in [-0.25, -0.2) is 4.98 Å². The van der Waals surface area contributed by atoms with Gasteiger partial charge in [-0.3, -0.25) is 9.36 Å². The van der Waals surface area contributed by atoms with Crippen LogP contribution in [0.5, 0.6) is 5.75 Å². The van der Waals surface area contributed by atoms with Crippen molar-refractivity contribution in [1.29, 1.82) is 0 Å². The van der Waals surface area contributed by atoms with E-state index in [0.717, 1.165) is 37.0 Å². The molecule has 0 aliphatic heterocycles. The Balaban J connectivity index is 1.43. The van der Waals surface area contributed by atoms with Crippen molar-refractivity contribution in [1.82, 2.24) is 9.55 Å². The number of unbranched alkanes of at least 4 members (excludes halogenated alkanes) is 2. The monoisotopic (exact) mass is 446 g/mol. The Kier molecular flexibility index (Phi) is 7.23. The second-order valence-corrected chi connectivity index (χ2v) is 8.26. The van der Waals surface area contributed by atoms with Crippen molar-refractivity contribution < 1.29 is 4.74 Å². The Hall–Kier alpha value is -3.11. The number of nitrogens with zero attached hydrogens (tertiary/aromatic N) is 2. The number of aryl methyl sites for hydroxylation is 1. The summed E-state index contributed by atoms with van der Waals surface area (Å²) >= 11 is 6.06. The lowest BCUT2D eigenvalue weighted by Gasteiger charge is -2.14. The van der Waals surface area contributed by atoms with Gasteiger partial charge >= 0.3 is 0 Å². The summed E-state index contributed by atoms with van der Waals surface area (Å²) in [5, 5.41) is 1.30. The third kappa shape index (κ3) is 5.20. The molecule has 0 aliphatic carbocycles. The van der Waals surface area contributed by atoms with Crippen LogP contribution in [-0.4, -0.2) is 16.2 Å². The van der Waals surface area contributed by atoms with Crippen LogP contribution < -0.4 is 10.3 Å². The largest absolute Gasteiger partial charge is 0.494 e. The van der Waals surface area contributed by atoms with Gasteiger partial charge in [0, 0.05) is 17.1 Å². The van der Waals surface area contributed by atoms with Gasteiger partial charge in [0.25, 0.3) is 5.56 Å². The van der Waals surface area contributed by atoms with Gasteiger partial charge in [0.15, 0.2) is 0 Å². The highest BCUT2D eigenvalue weighted by molar-refractivity contribution is 6.30. The average molecular weight is 447 g/mol. The number of fused-ring (bicyclic) bond motifs is 1. The van der Waals surface area contributed by atoms with Crippen molar-refractivity contribution in [3.63, 3.8) is 0 Å². The molecule has 0 spiro atoms. The average Bonchev–Trinajstić information content (AvgIpc) is 2.83. The van der Waals surface area contributed by atoms with E-state index in [2.05, 4.69) is 19.1 Å². The Morgan fingerprint density at radius 2 is 1.66 bits per heavy atom. The van der Waals surface area contributed by atoms with Gasteiger partial charge in [-0.05, 0) is 79.8 Å². The van der Waals surface area contributed by atoms with Crippen LogP contribution in [0.3, 0.4) is 0 Å². The summed E-state index contributed by atoms with van der Waals surface area (Å²) in [6.45, 7) is 3.42. The molecule has 0 amide bonds. The predicted octanol–water partition coefficient (Wildman–Crippen LogP) is 6.53. The maximum absolute atomic E-state index is 13.2. The van der Waals surface area contributed by atoms with Gasteiger partial charge in [-0.15, -0.1) is 0 Å². The van der Waals surface area contributed by atoms with Crippen LogP contribution in [0, 0.1) is 0 Å². The van der Waals surface area contributed by atoms with Crippen LogP contribution in [0.25, 0.3) is 22.3 Å². The summed E-state index contributed by atoms with van der Waals surface area (Å²) in [7, 11) is 0. The van der Waals surface area contributed by atoms with Crippen molar-refractivity contribution >= 4 is 22.5 Å². The highest BCUT2D eigenvalue weighted by atomic mass is 35.5. The first-order valence-electron chi connectivity index (χ1n) is 11.1. The molecule has 0 saturated carbocycles. The first-order chi connectivity index (χ1) is 15.7. The number of hydrogen-bond acceptors (Lipinski definition) is 3. The molecule has 3 aromatic carbocycles. The fourth-order valence-electron chi connectivity index (χ4n) is 3.75. The maximum Gasteiger partial charge on any atom is 0.261 e. The highest BCUT2D eigenvalue weighted by Gasteiger charge is 2.12. The van der Waals surface area contributed by atoms with E-state index in [1.807, 2.05) is 60.7 Å². The molecule has 0 fully saturated rings. The smallest absolute Gasteiger partial charge is 0.261 e. The summed E-state index contributed by atoms with van der Waals surface area (Å²) in [4.78, 5) is 18.0. The number of ether oxygens (including phenoxy) is 1. The first kappa shape index (κ1) is 22.1. The number of hydrogen-bond donors (Lipinski definition) is 0. The number of aromatic nitrogens is 2. The number of para-hydroxylation sites is 1. The van der Waals surface area contributed by atoms with E-state index in [1.54, 1.807) is 4.57 Å². The number of benzene rings is 3. The van der Waals surface area contributed by atoms with E-state index in [9.17, 15) is 4.79 Å². The molecule has 1 heterocycles. The zero-order valence-electron chi connectivity index (χ0n) is 18.3. The minimum atomic E-state index is -0.00665. The number of halogens is 1. The molecule has 4 nitrogen and oxygen atoms in total. The molecular formula is C27H27ClN2O2. The van der Waals surface area contributed by atoms with E-state index >= 15 is 0 Å². The van der Waals surface area contributed by atoms with Gasteiger partial charge in [-0.1, -0.05) is 42.8 Å². The molecule has 0 N–H and O–H groups in total.